The van der Waals surface area contributed by atoms with Crippen LogP contribution in [0.4, 0.5) is 5.69 Å². The second kappa shape index (κ2) is 3.76. The van der Waals surface area contributed by atoms with Crippen LogP contribution in [0.3, 0.4) is 0 Å². The Bertz CT molecular complexity index is 526. The van der Waals surface area contributed by atoms with E-state index in [1.165, 1.54) is 6.92 Å². The van der Waals surface area contributed by atoms with Gasteiger partial charge in [0.1, 0.15) is 0 Å². The van der Waals surface area contributed by atoms with Gasteiger partial charge in [-0.3, -0.25) is 10.1 Å². The quantitative estimate of drug-likeness (QED) is 0.629. The summed E-state index contributed by atoms with van der Waals surface area (Å²) < 4.78 is 22.2. The SMILES string of the molecule is Cc1c([N+](=O)[O-])cc(Cl)cc1S(N)(=O)=O. The first kappa shape index (κ1) is 11.9. The predicted octanol–water partition coefficient (Wildman–Crippen LogP) is 1.20. The van der Waals surface area contributed by atoms with Gasteiger partial charge in [0.05, 0.1) is 9.82 Å². The first-order valence-corrected chi connectivity index (χ1v) is 5.63. The summed E-state index contributed by atoms with van der Waals surface area (Å²) in [6.45, 7) is 1.30. The lowest BCUT2D eigenvalue weighted by atomic mass is 10.2. The first-order valence-electron chi connectivity index (χ1n) is 3.71. The third-order valence-electron chi connectivity index (χ3n) is 1.80. The number of nitrogens with zero attached hydrogens (tertiary/aromatic N) is 1. The Morgan fingerprint density at radius 3 is 2.40 bits per heavy atom. The molecule has 0 radical (unpaired) electrons. The zero-order chi connectivity index (χ0) is 11.8. The molecule has 0 bridgehead atoms. The topological polar surface area (TPSA) is 103 Å². The summed E-state index contributed by atoms with van der Waals surface area (Å²) >= 11 is 5.55. The van der Waals surface area contributed by atoms with Gasteiger partial charge >= 0.3 is 0 Å². The molecule has 1 rings (SSSR count). The van der Waals surface area contributed by atoms with E-state index in [2.05, 4.69) is 0 Å². The molecule has 1 aromatic rings. The highest BCUT2D eigenvalue weighted by Gasteiger charge is 2.21. The Kier molecular flexibility index (Phi) is 2.98. The second-order valence-electron chi connectivity index (χ2n) is 2.85. The number of hydrogen-bond donors (Lipinski definition) is 1. The highest BCUT2D eigenvalue weighted by atomic mass is 35.5. The molecule has 0 aliphatic rings. The smallest absolute Gasteiger partial charge is 0.258 e. The maximum atomic E-state index is 11.1. The van der Waals surface area contributed by atoms with Crippen molar-refractivity contribution in [2.75, 3.05) is 0 Å². The first-order chi connectivity index (χ1) is 6.73. The van der Waals surface area contributed by atoms with Gasteiger partial charge in [0.15, 0.2) is 0 Å². The normalized spacial score (nSPS) is 11.4. The fraction of sp³-hybridized carbons (Fsp3) is 0.143. The number of hydrogen-bond acceptors (Lipinski definition) is 4. The predicted molar refractivity (Wildman–Crippen MR) is 54.2 cm³/mol. The third kappa shape index (κ3) is 2.44. The summed E-state index contributed by atoms with van der Waals surface area (Å²) in [5.74, 6) is 0. The van der Waals surface area contributed by atoms with E-state index in [1.807, 2.05) is 0 Å². The Labute approximate surface area is 90.9 Å². The van der Waals surface area contributed by atoms with Crippen molar-refractivity contribution in [3.63, 3.8) is 0 Å². The van der Waals surface area contributed by atoms with Crippen molar-refractivity contribution in [3.05, 3.63) is 32.8 Å². The van der Waals surface area contributed by atoms with Crippen molar-refractivity contribution in [1.29, 1.82) is 0 Å². The maximum absolute atomic E-state index is 11.1. The van der Waals surface area contributed by atoms with Gasteiger partial charge in [-0.25, -0.2) is 13.6 Å². The van der Waals surface area contributed by atoms with E-state index in [4.69, 9.17) is 16.7 Å². The van der Waals surface area contributed by atoms with E-state index in [0.717, 1.165) is 12.1 Å². The van der Waals surface area contributed by atoms with Gasteiger partial charge in [-0.2, -0.15) is 0 Å². The Hall–Kier alpha value is -1.18. The summed E-state index contributed by atoms with van der Waals surface area (Å²) in [6.07, 6.45) is 0. The van der Waals surface area contributed by atoms with E-state index in [-0.39, 0.29) is 21.2 Å². The van der Waals surface area contributed by atoms with Crippen LogP contribution in [-0.4, -0.2) is 13.3 Å². The fourth-order valence-electron chi connectivity index (χ4n) is 1.13. The van der Waals surface area contributed by atoms with Crippen LogP contribution in [-0.2, 0) is 10.0 Å². The molecule has 0 unspecified atom stereocenters. The summed E-state index contributed by atoms with van der Waals surface area (Å²) in [7, 11) is -4.00. The summed E-state index contributed by atoms with van der Waals surface area (Å²) in [5.41, 5.74) is -0.390. The van der Waals surface area contributed by atoms with Gasteiger partial charge in [0.2, 0.25) is 10.0 Å². The van der Waals surface area contributed by atoms with Crippen molar-refractivity contribution < 1.29 is 13.3 Å². The van der Waals surface area contributed by atoms with Crippen LogP contribution in [0, 0.1) is 17.0 Å². The van der Waals surface area contributed by atoms with E-state index in [0.29, 0.717) is 0 Å². The number of nitro benzene ring substituents is 1. The monoisotopic (exact) mass is 250 g/mol. The van der Waals surface area contributed by atoms with Crippen LogP contribution in [0.15, 0.2) is 17.0 Å². The van der Waals surface area contributed by atoms with Crippen molar-refractivity contribution in [2.45, 2.75) is 11.8 Å². The number of halogens is 1. The molecule has 0 aromatic heterocycles. The van der Waals surface area contributed by atoms with Gasteiger partial charge in [-0.1, -0.05) is 11.6 Å². The fourth-order valence-corrected chi connectivity index (χ4v) is 2.23. The van der Waals surface area contributed by atoms with Crippen LogP contribution in [0.25, 0.3) is 0 Å². The molecule has 0 atom stereocenters. The lowest BCUT2D eigenvalue weighted by Crippen LogP contribution is -2.14. The minimum atomic E-state index is -4.00. The minimum absolute atomic E-state index is 0.0214. The summed E-state index contributed by atoms with van der Waals surface area (Å²) in [5, 5.41) is 15.4. The number of benzene rings is 1. The van der Waals surface area contributed by atoms with Gasteiger partial charge in [0, 0.05) is 16.7 Å². The Morgan fingerprint density at radius 1 is 1.47 bits per heavy atom. The molecule has 0 amide bonds. The molecular weight excluding hydrogens is 244 g/mol. The van der Waals surface area contributed by atoms with Crippen LogP contribution >= 0.6 is 11.6 Å². The molecule has 6 nitrogen and oxygen atoms in total. The van der Waals surface area contributed by atoms with Crippen LogP contribution < -0.4 is 5.14 Å². The molecule has 0 spiro atoms. The number of nitro groups is 1. The van der Waals surface area contributed by atoms with E-state index in [9.17, 15) is 18.5 Å². The lowest BCUT2D eigenvalue weighted by Gasteiger charge is -2.04. The van der Waals surface area contributed by atoms with Crippen LogP contribution in [0.1, 0.15) is 5.56 Å². The molecule has 0 aliphatic heterocycles. The highest BCUT2D eigenvalue weighted by Crippen LogP contribution is 2.28. The zero-order valence-corrected chi connectivity index (χ0v) is 9.17. The van der Waals surface area contributed by atoms with E-state index < -0.39 is 14.9 Å². The minimum Gasteiger partial charge on any atom is -0.258 e. The average Bonchev–Trinajstić information content (AvgIpc) is 2.06. The van der Waals surface area contributed by atoms with Crippen molar-refractivity contribution in [2.24, 2.45) is 5.14 Å². The lowest BCUT2D eigenvalue weighted by molar-refractivity contribution is -0.385. The van der Waals surface area contributed by atoms with Crippen molar-refractivity contribution in [3.8, 4) is 0 Å². The molecule has 0 fully saturated rings. The molecular formula is C7H7ClN2O4S. The number of sulfonamides is 1. The molecule has 15 heavy (non-hydrogen) atoms. The number of rotatable bonds is 2. The molecule has 1 aromatic carbocycles. The number of nitrogens with two attached hydrogens (primary N) is 1. The maximum Gasteiger partial charge on any atom is 0.275 e. The zero-order valence-electron chi connectivity index (χ0n) is 7.60. The van der Waals surface area contributed by atoms with Gasteiger partial charge in [0.25, 0.3) is 5.69 Å². The molecule has 0 heterocycles. The van der Waals surface area contributed by atoms with Gasteiger partial charge in [-0.15, -0.1) is 0 Å². The molecule has 82 valence electrons. The Morgan fingerprint density at radius 2 is 2.00 bits per heavy atom. The molecule has 0 saturated carbocycles. The van der Waals surface area contributed by atoms with E-state index >= 15 is 0 Å². The standard InChI is InChI=1S/C7H7ClN2O4S/c1-4-6(10(11)12)2-5(8)3-7(4)15(9,13)14/h2-3H,1H3,(H2,9,13,14). The highest BCUT2D eigenvalue weighted by molar-refractivity contribution is 7.89. The molecule has 8 heteroatoms. The summed E-state index contributed by atoms with van der Waals surface area (Å²) in [4.78, 5) is 9.52. The van der Waals surface area contributed by atoms with Gasteiger partial charge < -0.3 is 0 Å². The summed E-state index contributed by atoms with van der Waals surface area (Å²) in [6, 6.07) is 2.16. The molecule has 2 N–H and O–H groups in total. The second-order valence-corrected chi connectivity index (χ2v) is 4.82. The van der Waals surface area contributed by atoms with Crippen molar-refractivity contribution >= 4 is 27.3 Å². The van der Waals surface area contributed by atoms with Crippen molar-refractivity contribution in [1.82, 2.24) is 0 Å². The third-order valence-corrected chi connectivity index (χ3v) is 3.06. The largest absolute Gasteiger partial charge is 0.275 e. The van der Waals surface area contributed by atoms with Crippen LogP contribution in [0.5, 0.6) is 0 Å². The Balaban J connectivity index is 3.63. The molecule has 0 aliphatic carbocycles. The number of primary sulfonamides is 1. The van der Waals surface area contributed by atoms with E-state index in [1.54, 1.807) is 0 Å². The van der Waals surface area contributed by atoms with Crippen LogP contribution in [0.2, 0.25) is 5.02 Å². The average molecular weight is 251 g/mol. The van der Waals surface area contributed by atoms with Gasteiger partial charge in [-0.05, 0) is 13.0 Å². The molecule has 0 saturated heterocycles.